The lowest BCUT2D eigenvalue weighted by molar-refractivity contribution is -0.116. The number of imidazole rings is 1. The highest BCUT2D eigenvalue weighted by atomic mass is 16.1. The Kier molecular flexibility index (Phi) is 4.19. The molecule has 1 amide bonds. The number of nitrogens with zero attached hydrogens (tertiary/aromatic N) is 5. The highest BCUT2D eigenvalue weighted by Gasteiger charge is 2.22. The molecule has 0 bridgehead atoms. The van der Waals surface area contributed by atoms with E-state index < -0.39 is 0 Å². The molecule has 0 atom stereocenters. The predicted molar refractivity (Wildman–Crippen MR) is 84.4 cm³/mol. The first kappa shape index (κ1) is 15.0. The van der Waals surface area contributed by atoms with E-state index in [-0.39, 0.29) is 17.4 Å². The van der Waals surface area contributed by atoms with Gasteiger partial charge < -0.3 is 15.2 Å². The zero-order valence-electron chi connectivity index (χ0n) is 12.8. The van der Waals surface area contributed by atoms with E-state index >= 15 is 0 Å². The number of fused-ring (bicyclic) bond motifs is 1. The van der Waals surface area contributed by atoms with Crippen LogP contribution in [0.5, 0.6) is 0 Å². The Balaban J connectivity index is 1.72. The molecule has 0 unspecified atom stereocenters. The molecule has 2 N–H and O–H groups in total. The number of amides is 1. The molecule has 118 valence electrons. The fourth-order valence-corrected chi connectivity index (χ4v) is 2.80. The molecule has 0 aromatic carbocycles. The van der Waals surface area contributed by atoms with Crippen molar-refractivity contribution in [3.63, 3.8) is 0 Å². The van der Waals surface area contributed by atoms with E-state index in [1.54, 1.807) is 12.4 Å². The van der Waals surface area contributed by atoms with Crippen molar-refractivity contribution in [3.05, 3.63) is 24.3 Å². The highest BCUT2D eigenvalue weighted by Crippen LogP contribution is 2.26. The van der Waals surface area contributed by atoms with E-state index in [1.807, 2.05) is 6.07 Å². The van der Waals surface area contributed by atoms with E-state index in [9.17, 15) is 4.79 Å². The van der Waals surface area contributed by atoms with Gasteiger partial charge >= 0.3 is 0 Å². The van der Waals surface area contributed by atoms with Gasteiger partial charge in [-0.25, -0.2) is 15.0 Å². The fraction of sp³-hybridized carbons (Fsp3) is 0.400. The molecule has 0 radical (unpaired) electrons. The summed E-state index contributed by atoms with van der Waals surface area (Å²) in [6.07, 6.45) is 6.64. The molecule has 8 nitrogen and oxygen atoms in total. The smallest absolute Gasteiger partial charge is 0.261 e. The van der Waals surface area contributed by atoms with Crippen molar-refractivity contribution in [2.75, 3.05) is 25.0 Å². The molecule has 8 heteroatoms. The zero-order valence-corrected chi connectivity index (χ0v) is 12.8. The SMILES string of the molecule is CNC(=O)C(C#N)=CC1CCN(c2ncnc3[nH]cnc23)CC1. The highest BCUT2D eigenvalue weighted by molar-refractivity contribution is 5.97. The summed E-state index contributed by atoms with van der Waals surface area (Å²) < 4.78 is 0. The average Bonchev–Trinajstić information content (AvgIpc) is 3.08. The summed E-state index contributed by atoms with van der Waals surface area (Å²) in [6.45, 7) is 1.60. The fourth-order valence-electron chi connectivity index (χ4n) is 2.80. The van der Waals surface area contributed by atoms with Gasteiger partial charge in [-0.05, 0) is 18.8 Å². The molecule has 1 saturated heterocycles. The third-order valence-electron chi connectivity index (χ3n) is 4.03. The van der Waals surface area contributed by atoms with Crippen LogP contribution in [0.25, 0.3) is 11.2 Å². The van der Waals surface area contributed by atoms with Gasteiger partial charge in [-0.1, -0.05) is 6.08 Å². The van der Waals surface area contributed by atoms with Gasteiger partial charge in [0.25, 0.3) is 5.91 Å². The molecule has 2 aromatic heterocycles. The Hall–Kier alpha value is -2.95. The van der Waals surface area contributed by atoms with E-state index in [2.05, 4.69) is 30.2 Å². The molecule has 2 aromatic rings. The molecule has 0 saturated carbocycles. The van der Waals surface area contributed by atoms with Crippen molar-refractivity contribution in [2.45, 2.75) is 12.8 Å². The van der Waals surface area contributed by atoms with E-state index in [4.69, 9.17) is 5.26 Å². The Morgan fingerprint density at radius 1 is 1.43 bits per heavy atom. The first-order valence-corrected chi connectivity index (χ1v) is 7.46. The zero-order chi connectivity index (χ0) is 16.2. The molecule has 0 spiro atoms. The van der Waals surface area contributed by atoms with Crippen LogP contribution in [0.3, 0.4) is 0 Å². The van der Waals surface area contributed by atoms with Gasteiger partial charge in [0.15, 0.2) is 11.5 Å². The molecule has 3 heterocycles. The number of carbonyl (C=O) groups is 1. The summed E-state index contributed by atoms with van der Waals surface area (Å²) in [5.41, 5.74) is 1.68. The van der Waals surface area contributed by atoms with Crippen molar-refractivity contribution in [1.29, 1.82) is 5.26 Å². The van der Waals surface area contributed by atoms with Crippen molar-refractivity contribution in [1.82, 2.24) is 25.3 Å². The van der Waals surface area contributed by atoms with Crippen LogP contribution >= 0.6 is 0 Å². The molecule has 3 rings (SSSR count). The summed E-state index contributed by atoms with van der Waals surface area (Å²) in [6, 6.07) is 1.96. The van der Waals surface area contributed by atoms with Gasteiger partial charge in [0.2, 0.25) is 0 Å². The molecular weight excluding hydrogens is 294 g/mol. The molecular formula is C15H17N7O. The number of hydrogen-bond donors (Lipinski definition) is 2. The van der Waals surface area contributed by atoms with Gasteiger partial charge in [0, 0.05) is 20.1 Å². The Morgan fingerprint density at radius 3 is 2.91 bits per heavy atom. The maximum absolute atomic E-state index is 11.6. The molecule has 1 fully saturated rings. The second kappa shape index (κ2) is 6.44. The number of aromatic amines is 1. The summed E-state index contributed by atoms with van der Waals surface area (Å²) in [4.78, 5) is 29.5. The van der Waals surface area contributed by atoms with Gasteiger partial charge in [0.1, 0.15) is 23.5 Å². The maximum atomic E-state index is 11.6. The van der Waals surface area contributed by atoms with Crippen LogP contribution in [-0.2, 0) is 4.79 Å². The minimum atomic E-state index is -0.330. The van der Waals surface area contributed by atoms with Crippen molar-refractivity contribution >= 4 is 22.9 Å². The molecule has 0 aliphatic carbocycles. The number of rotatable bonds is 3. The van der Waals surface area contributed by atoms with Crippen LogP contribution in [0, 0.1) is 17.2 Å². The summed E-state index contributed by atoms with van der Waals surface area (Å²) in [5.74, 6) is 0.712. The number of anilines is 1. The number of nitriles is 1. The number of likely N-dealkylation sites (N-methyl/N-ethyl adjacent to an activating group) is 1. The first-order valence-electron chi connectivity index (χ1n) is 7.46. The topological polar surface area (TPSA) is 111 Å². The Morgan fingerprint density at radius 2 is 2.22 bits per heavy atom. The predicted octanol–water partition coefficient (Wildman–Crippen LogP) is 0.765. The average molecular weight is 311 g/mol. The minimum absolute atomic E-state index is 0.183. The second-order valence-electron chi connectivity index (χ2n) is 5.39. The van der Waals surface area contributed by atoms with E-state index in [0.29, 0.717) is 0 Å². The van der Waals surface area contributed by atoms with Crippen molar-refractivity contribution in [2.24, 2.45) is 5.92 Å². The van der Waals surface area contributed by atoms with E-state index in [1.165, 1.54) is 13.4 Å². The lowest BCUT2D eigenvalue weighted by Gasteiger charge is -2.31. The quantitative estimate of drug-likeness (QED) is 0.639. The monoisotopic (exact) mass is 311 g/mol. The lowest BCUT2D eigenvalue weighted by atomic mass is 9.94. The Labute approximate surface area is 133 Å². The minimum Gasteiger partial charge on any atom is -0.355 e. The Bertz CT molecular complexity index is 780. The number of carbonyl (C=O) groups excluding carboxylic acids is 1. The summed E-state index contributed by atoms with van der Waals surface area (Å²) >= 11 is 0. The van der Waals surface area contributed by atoms with Gasteiger partial charge in [-0.15, -0.1) is 0 Å². The van der Waals surface area contributed by atoms with Crippen LogP contribution in [0.15, 0.2) is 24.3 Å². The normalized spacial score (nSPS) is 16.3. The number of nitrogens with one attached hydrogen (secondary N) is 2. The number of allylic oxidation sites excluding steroid dienone is 1. The molecule has 23 heavy (non-hydrogen) atoms. The van der Waals surface area contributed by atoms with E-state index in [0.717, 1.165) is 42.9 Å². The van der Waals surface area contributed by atoms with Gasteiger partial charge in [-0.2, -0.15) is 5.26 Å². The molecule has 1 aliphatic heterocycles. The van der Waals surface area contributed by atoms with Crippen molar-refractivity contribution in [3.8, 4) is 6.07 Å². The molecule has 1 aliphatic rings. The van der Waals surface area contributed by atoms with Crippen molar-refractivity contribution < 1.29 is 4.79 Å². The summed E-state index contributed by atoms with van der Waals surface area (Å²) in [5, 5.41) is 11.6. The van der Waals surface area contributed by atoms with Crippen LogP contribution < -0.4 is 10.2 Å². The first-order chi connectivity index (χ1) is 11.2. The number of piperidine rings is 1. The van der Waals surface area contributed by atoms with Crippen LogP contribution in [0.2, 0.25) is 0 Å². The van der Waals surface area contributed by atoms with Crippen LogP contribution in [0.4, 0.5) is 5.82 Å². The van der Waals surface area contributed by atoms with Crippen LogP contribution in [0.1, 0.15) is 12.8 Å². The number of hydrogen-bond acceptors (Lipinski definition) is 6. The maximum Gasteiger partial charge on any atom is 0.261 e. The lowest BCUT2D eigenvalue weighted by Crippen LogP contribution is -2.34. The second-order valence-corrected chi connectivity index (χ2v) is 5.39. The largest absolute Gasteiger partial charge is 0.355 e. The summed E-state index contributed by atoms with van der Waals surface area (Å²) in [7, 11) is 1.53. The third-order valence-corrected chi connectivity index (χ3v) is 4.03. The number of aromatic nitrogens is 4. The third kappa shape index (κ3) is 2.99. The van der Waals surface area contributed by atoms with Gasteiger partial charge in [0.05, 0.1) is 6.33 Å². The van der Waals surface area contributed by atoms with Gasteiger partial charge in [-0.3, -0.25) is 4.79 Å². The van der Waals surface area contributed by atoms with Crippen LogP contribution in [-0.4, -0.2) is 46.0 Å². The number of H-pyrrole nitrogens is 1. The standard InChI is InChI=1S/C15H17N7O/c1-17-15(23)11(7-16)6-10-2-4-22(5-3-10)14-12-13(19-8-18-12)20-9-21-14/h6,8-10H,2-5H2,1H3,(H,17,23)(H,18,19,20,21).